The minimum Gasteiger partial charge on any atom is -0.488 e. The molecule has 0 radical (unpaired) electrons. The summed E-state index contributed by atoms with van der Waals surface area (Å²) in [4.78, 5) is 4.54. The van der Waals surface area contributed by atoms with Gasteiger partial charge in [-0.2, -0.15) is 5.26 Å². The molecule has 37 heavy (non-hydrogen) atoms. The largest absolute Gasteiger partial charge is 0.488 e. The molecule has 6 heteroatoms. The van der Waals surface area contributed by atoms with E-state index in [1.165, 1.54) is 5.39 Å². The molecule has 3 aromatic carbocycles. The van der Waals surface area contributed by atoms with Crippen molar-refractivity contribution in [1.29, 1.82) is 5.26 Å². The van der Waals surface area contributed by atoms with E-state index in [1.807, 2.05) is 42.5 Å². The molecule has 6 nitrogen and oxygen atoms in total. The number of hydrogen-bond donors (Lipinski definition) is 0. The van der Waals surface area contributed by atoms with Crippen molar-refractivity contribution in [2.45, 2.75) is 6.61 Å². The number of benzene rings is 3. The molecule has 0 amide bonds. The lowest BCUT2D eigenvalue weighted by Gasteiger charge is -2.11. The van der Waals surface area contributed by atoms with Gasteiger partial charge < -0.3 is 18.0 Å². The van der Waals surface area contributed by atoms with Crippen LogP contribution in [0.4, 0.5) is 5.88 Å². The van der Waals surface area contributed by atoms with Gasteiger partial charge in [0.1, 0.15) is 29.7 Å². The van der Waals surface area contributed by atoms with Gasteiger partial charge in [-0.1, -0.05) is 54.6 Å². The summed E-state index contributed by atoms with van der Waals surface area (Å²) in [6, 6.07) is 31.3. The molecule has 0 N–H and O–H groups in total. The molecule has 0 fully saturated rings. The van der Waals surface area contributed by atoms with Crippen molar-refractivity contribution >= 4 is 22.9 Å². The second-order valence-corrected chi connectivity index (χ2v) is 8.28. The van der Waals surface area contributed by atoms with Gasteiger partial charge in [-0.25, -0.2) is 4.99 Å². The first-order valence-electron chi connectivity index (χ1n) is 11.7. The molecular formula is C31H20N2O4. The first kappa shape index (κ1) is 22.2. The molecule has 6 rings (SSSR count). The molecule has 0 unspecified atom stereocenters. The highest BCUT2D eigenvalue weighted by molar-refractivity contribution is 5.89. The summed E-state index contributed by atoms with van der Waals surface area (Å²) < 4.78 is 23.4. The van der Waals surface area contributed by atoms with Crippen LogP contribution in [0.1, 0.15) is 16.7 Å². The quantitative estimate of drug-likeness (QED) is 0.213. The van der Waals surface area contributed by atoms with Crippen LogP contribution in [0, 0.1) is 11.3 Å². The Bertz CT molecular complexity index is 1730. The molecular weight excluding hydrogens is 464 g/mol. The minimum atomic E-state index is 0.157. The number of rotatable bonds is 7. The minimum absolute atomic E-state index is 0.157. The second kappa shape index (κ2) is 9.76. The summed E-state index contributed by atoms with van der Waals surface area (Å²) in [6.45, 7) is 0.404. The number of fused-ring (bicyclic) bond motifs is 1. The maximum absolute atomic E-state index is 9.98. The fourth-order valence-electron chi connectivity index (χ4n) is 4.27. The van der Waals surface area contributed by atoms with Crippen LogP contribution in [-0.4, -0.2) is 6.21 Å². The second-order valence-electron chi connectivity index (χ2n) is 8.28. The molecule has 6 aromatic rings. The number of nitrogens with zero attached hydrogens (tertiary/aromatic N) is 2. The van der Waals surface area contributed by atoms with Crippen molar-refractivity contribution in [3.05, 3.63) is 120 Å². The Balaban J connectivity index is 1.33. The smallest absolute Gasteiger partial charge is 0.238 e. The molecule has 3 heterocycles. The van der Waals surface area contributed by atoms with Crippen LogP contribution in [-0.2, 0) is 6.61 Å². The molecule has 0 aliphatic rings. The van der Waals surface area contributed by atoms with Crippen LogP contribution in [0.3, 0.4) is 0 Å². The summed E-state index contributed by atoms with van der Waals surface area (Å²) >= 11 is 0. The lowest BCUT2D eigenvalue weighted by molar-refractivity contribution is 0.307. The van der Waals surface area contributed by atoms with E-state index in [-0.39, 0.29) is 11.4 Å². The number of para-hydroxylation sites is 1. The maximum Gasteiger partial charge on any atom is 0.238 e. The van der Waals surface area contributed by atoms with Crippen molar-refractivity contribution in [3.8, 4) is 34.7 Å². The Morgan fingerprint density at radius 1 is 0.811 bits per heavy atom. The van der Waals surface area contributed by atoms with Crippen molar-refractivity contribution in [1.82, 2.24) is 0 Å². The van der Waals surface area contributed by atoms with Gasteiger partial charge in [0.15, 0.2) is 11.5 Å². The van der Waals surface area contributed by atoms with Gasteiger partial charge in [-0.15, -0.1) is 0 Å². The lowest BCUT2D eigenvalue weighted by atomic mass is 10.1. The number of furan rings is 3. The average Bonchev–Trinajstić information content (AvgIpc) is 3.72. The van der Waals surface area contributed by atoms with Crippen molar-refractivity contribution in [2.75, 3.05) is 0 Å². The fourth-order valence-corrected chi connectivity index (χ4v) is 4.27. The van der Waals surface area contributed by atoms with Crippen LogP contribution < -0.4 is 4.74 Å². The third-order valence-corrected chi connectivity index (χ3v) is 6.02. The monoisotopic (exact) mass is 484 g/mol. The van der Waals surface area contributed by atoms with Gasteiger partial charge in [0.25, 0.3) is 0 Å². The summed E-state index contributed by atoms with van der Waals surface area (Å²) in [5.41, 5.74) is 2.60. The summed E-state index contributed by atoms with van der Waals surface area (Å²) in [5, 5.41) is 12.3. The predicted molar refractivity (Wildman–Crippen MR) is 141 cm³/mol. The predicted octanol–water partition coefficient (Wildman–Crippen LogP) is 8.15. The van der Waals surface area contributed by atoms with Crippen LogP contribution in [0.2, 0.25) is 0 Å². The van der Waals surface area contributed by atoms with E-state index in [2.05, 4.69) is 35.3 Å². The highest BCUT2D eigenvalue weighted by Crippen LogP contribution is 2.42. The zero-order valence-electron chi connectivity index (χ0n) is 19.6. The molecule has 0 saturated carbocycles. The first-order valence-corrected chi connectivity index (χ1v) is 11.7. The third-order valence-electron chi connectivity index (χ3n) is 6.02. The number of aliphatic imine (C=N–C) groups is 1. The van der Waals surface area contributed by atoms with E-state index < -0.39 is 0 Å². The van der Waals surface area contributed by atoms with Crippen molar-refractivity contribution in [3.63, 3.8) is 0 Å². The van der Waals surface area contributed by atoms with Gasteiger partial charge in [0, 0.05) is 11.8 Å². The van der Waals surface area contributed by atoms with Gasteiger partial charge in [0.2, 0.25) is 5.88 Å². The van der Waals surface area contributed by atoms with Crippen LogP contribution in [0.5, 0.6) is 5.75 Å². The van der Waals surface area contributed by atoms with Gasteiger partial charge >= 0.3 is 0 Å². The Morgan fingerprint density at radius 3 is 2.38 bits per heavy atom. The molecule has 0 bridgehead atoms. The van der Waals surface area contributed by atoms with E-state index in [0.29, 0.717) is 35.2 Å². The first-order chi connectivity index (χ1) is 18.3. The third kappa shape index (κ3) is 4.30. The van der Waals surface area contributed by atoms with E-state index >= 15 is 0 Å². The summed E-state index contributed by atoms with van der Waals surface area (Å²) in [7, 11) is 0. The molecule has 0 aliphatic carbocycles. The van der Waals surface area contributed by atoms with E-state index in [4.69, 9.17) is 18.0 Å². The Hall–Kier alpha value is -5.28. The molecule has 0 spiro atoms. The standard InChI is InChI=1S/C31H20N2O4/c32-18-25-29(27-14-6-16-34-27)30(28-15-7-17-35-28)37-31(25)33-19-22-9-2-4-13-26(22)36-20-23-11-5-10-21-8-1-3-12-24(21)23/h1-17,19H,20H2. The van der Waals surface area contributed by atoms with Crippen molar-refractivity contribution < 1.29 is 18.0 Å². The van der Waals surface area contributed by atoms with E-state index in [9.17, 15) is 5.26 Å². The number of ether oxygens (including phenoxy) is 1. The summed E-state index contributed by atoms with van der Waals surface area (Å²) in [6.07, 6.45) is 4.72. The zero-order valence-corrected chi connectivity index (χ0v) is 19.6. The fraction of sp³-hybridized carbons (Fsp3) is 0.0323. The van der Waals surface area contributed by atoms with Gasteiger partial charge in [-0.3, -0.25) is 0 Å². The van der Waals surface area contributed by atoms with Gasteiger partial charge in [0.05, 0.1) is 18.1 Å². The normalized spacial score (nSPS) is 11.2. The highest BCUT2D eigenvalue weighted by Gasteiger charge is 2.26. The average molecular weight is 485 g/mol. The summed E-state index contributed by atoms with van der Waals surface area (Å²) in [5.74, 6) is 2.17. The van der Waals surface area contributed by atoms with Crippen molar-refractivity contribution in [2.24, 2.45) is 4.99 Å². The highest BCUT2D eigenvalue weighted by atomic mass is 16.5. The zero-order chi connectivity index (χ0) is 25.0. The molecule has 0 saturated heterocycles. The Labute approximate surface area is 212 Å². The molecule has 3 aromatic heterocycles. The van der Waals surface area contributed by atoms with Crippen LogP contribution >= 0.6 is 0 Å². The van der Waals surface area contributed by atoms with Crippen LogP contribution in [0.25, 0.3) is 33.6 Å². The lowest BCUT2D eigenvalue weighted by Crippen LogP contribution is -1.99. The number of nitriles is 1. The molecule has 0 aliphatic heterocycles. The molecule has 178 valence electrons. The van der Waals surface area contributed by atoms with E-state index in [1.54, 1.807) is 43.0 Å². The molecule has 0 atom stereocenters. The van der Waals surface area contributed by atoms with Gasteiger partial charge in [-0.05, 0) is 52.7 Å². The topological polar surface area (TPSA) is 84.8 Å². The Morgan fingerprint density at radius 2 is 1.57 bits per heavy atom. The van der Waals surface area contributed by atoms with Crippen LogP contribution in [0.15, 0.2) is 122 Å². The SMILES string of the molecule is N#Cc1c(N=Cc2ccccc2OCc2cccc3ccccc23)oc(-c2ccco2)c1-c1ccco1. The van der Waals surface area contributed by atoms with E-state index in [0.717, 1.165) is 16.5 Å². The Kier molecular flexibility index (Phi) is 5.86. The number of hydrogen-bond acceptors (Lipinski definition) is 6. The maximum atomic E-state index is 9.98.